The largest absolute Gasteiger partial charge is 0.347 e. The zero-order valence-electron chi connectivity index (χ0n) is 13.5. The predicted octanol–water partition coefficient (Wildman–Crippen LogP) is 0.838. The third-order valence-corrected chi connectivity index (χ3v) is 4.78. The van der Waals surface area contributed by atoms with Gasteiger partial charge in [-0.15, -0.1) is 10.2 Å². The van der Waals surface area contributed by atoms with Gasteiger partial charge in [0, 0.05) is 19.0 Å². The van der Waals surface area contributed by atoms with Crippen molar-refractivity contribution in [3.05, 3.63) is 47.5 Å². The van der Waals surface area contributed by atoms with Crippen LogP contribution >= 0.6 is 0 Å². The fraction of sp³-hybridized carbons (Fsp3) is 0.471. The van der Waals surface area contributed by atoms with Gasteiger partial charge in [0.2, 0.25) is 5.91 Å². The van der Waals surface area contributed by atoms with Gasteiger partial charge in [0.1, 0.15) is 11.9 Å². The van der Waals surface area contributed by atoms with E-state index >= 15 is 0 Å². The minimum absolute atomic E-state index is 0.00547. The number of hydrogen-bond acceptors (Lipinski definition) is 5. The Hall–Kier alpha value is -2.25. The SMILES string of the molecule is O=C(NCc1nnc2n1CCCC2)C1CC(c2ccccc2)NN1. The number of amides is 1. The summed E-state index contributed by atoms with van der Waals surface area (Å²) in [6.07, 6.45) is 4.03. The number of nitrogens with one attached hydrogen (secondary N) is 3. The summed E-state index contributed by atoms with van der Waals surface area (Å²) >= 11 is 0. The van der Waals surface area contributed by atoms with Crippen molar-refractivity contribution in [3.63, 3.8) is 0 Å². The van der Waals surface area contributed by atoms with Crippen LogP contribution < -0.4 is 16.2 Å². The number of aromatic nitrogens is 3. The van der Waals surface area contributed by atoms with E-state index in [-0.39, 0.29) is 18.0 Å². The molecule has 3 heterocycles. The molecule has 7 nitrogen and oxygen atoms in total. The van der Waals surface area contributed by atoms with Crippen LogP contribution in [0.25, 0.3) is 0 Å². The molecule has 0 radical (unpaired) electrons. The summed E-state index contributed by atoms with van der Waals surface area (Å²) in [5.74, 6) is 1.88. The maximum Gasteiger partial charge on any atom is 0.238 e. The van der Waals surface area contributed by atoms with E-state index in [1.54, 1.807) is 0 Å². The molecule has 1 fully saturated rings. The average Bonchev–Trinajstić information content (AvgIpc) is 3.28. The minimum Gasteiger partial charge on any atom is -0.347 e. The standard InChI is InChI=1S/C17H22N6O/c24-17(14-10-13(19-20-14)12-6-2-1-3-7-12)18-11-16-22-21-15-8-4-5-9-23(15)16/h1-3,6-7,13-14,19-20H,4-5,8-11H2,(H,18,24). The quantitative estimate of drug-likeness (QED) is 0.775. The lowest BCUT2D eigenvalue weighted by Gasteiger charge is -2.15. The van der Waals surface area contributed by atoms with Crippen LogP contribution in [0, 0.1) is 0 Å². The highest BCUT2D eigenvalue weighted by atomic mass is 16.2. The van der Waals surface area contributed by atoms with Crippen LogP contribution in [0.15, 0.2) is 30.3 Å². The molecule has 2 aromatic rings. The Balaban J connectivity index is 1.33. The van der Waals surface area contributed by atoms with E-state index in [0.717, 1.165) is 37.5 Å². The molecule has 2 aliphatic rings. The second-order valence-corrected chi connectivity index (χ2v) is 6.40. The summed E-state index contributed by atoms with van der Waals surface area (Å²) in [7, 11) is 0. The highest BCUT2D eigenvalue weighted by Crippen LogP contribution is 2.22. The molecule has 2 aliphatic heterocycles. The van der Waals surface area contributed by atoms with Crippen LogP contribution in [0.1, 0.15) is 42.5 Å². The van der Waals surface area contributed by atoms with Crippen LogP contribution in [-0.4, -0.2) is 26.7 Å². The van der Waals surface area contributed by atoms with Crippen molar-refractivity contribution in [2.24, 2.45) is 0 Å². The van der Waals surface area contributed by atoms with Gasteiger partial charge in [-0.25, -0.2) is 10.9 Å². The van der Waals surface area contributed by atoms with Gasteiger partial charge in [-0.1, -0.05) is 30.3 Å². The maximum absolute atomic E-state index is 12.4. The van der Waals surface area contributed by atoms with Crippen LogP contribution in [0.4, 0.5) is 0 Å². The zero-order valence-corrected chi connectivity index (χ0v) is 13.5. The van der Waals surface area contributed by atoms with Crippen molar-refractivity contribution in [2.45, 2.75) is 50.9 Å². The predicted molar refractivity (Wildman–Crippen MR) is 88.7 cm³/mol. The molecule has 1 amide bonds. The Labute approximate surface area is 140 Å². The Morgan fingerprint density at radius 3 is 2.96 bits per heavy atom. The first kappa shape index (κ1) is 15.3. The van der Waals surface area contributed by atoms with E-state index in [0.29, 0.717) is 6.54 Å². The Morgan fingerprint density at radius 2 is 2.08 bits per heavy atom. The molecule has 1 aromatic heterocycles. The van der Waals surface area contributed by atoms with Gasteiger partial charge in [0.05, 0.1) is 6.54 Å². The molecule has 0 saturated carbocycles. The molecule has 1 aromatic carbocycles. The van der Waals surface area contributed by atoms with Gasteiger partial charge in [0.25, 0.3) is 0 Å². The molecule has 7 heteroatoms. The number of fused-ring (bicyclic) bond motifs is 1. The molecule has 4 rings (SSSR count). The van der Waals surface area contributed by atoms with E-state index in [9.17, 15) is 4.79 Å². The molecule has 3 N–H and O–H groups in total. The molecule has 0 aliphatic carbocycles. The van der Waals surface area contributed by atoms with E-state index in [2.05, 4.69) is 43.1 Å². The van der Waals surface area contributed by atoms with Crippen molar-refractivity contribution in [1.82, 2.24) is 30.9 Å². The molecular formula is C17H22N6O. The van der Waals surface area contributed by atoms with Gasteiger partial charge in [-0.3, -0.25) is 4.79 Å². The van der Waals surface area contributed by atoms with Gasteiger partial charge < -0.3 is 9.88 Å². The lowest BCUT2D eigenvalue weighted by atomic mass is 10.0. The lowest BCUT2D eigenvalue weighted by Crippen LogP contribution is -2.43. The number of rotatable bonds is 4. The number of benzene rings is 1. The molecule has 0 bridgehead atoms. The van der Waals surface area contributed by atoms with Crippen molar-refractivity contribution < 1.29 is 4.79 Å². The van der Waals surface area contributed by atoms with Gasteiger partial charge in [-0.2, -0.15) is 0 Å². The number of aryl methyl sites for hydroxylation is 1. The first-order valence-corrected chi connectivity index (χ1v) is 8.56. The highest BCUT2D eigenvalue weighted by molar-refractivity contribution is 5.82. The monoisotopic (exact) mass is 326 g/mol. The number of hydrazine groups is 1. The van der Waals surface area contributed by atoms with Crippen LogP contribution in [-0.2, 0) is 24.3 Å². The Morgan fingerprint density at radius 1 is 1.21 bits per heavy atom. The number of hydrogen-bond donors (Lipinski definition) is 3. The van der Waals surface area contributed by atoms with Gasteiger partial charge >= 0.3 is 0 Å². The summed E-state index contributed by atoms with van der Waals surface area (Å²) in [5, 5.41) is 11.4. The molecule has 24 heavy (non-hydrogen) atoms. The summed E-state index contributed by atoms with van der Waals surface area (Å²) < 4.78 is 2.14. The maximum atomic E-state index is 12.4. The Kier molecular flexibility index (Phi) is 4.27. The fourth-order valence-electron chi connectivity index (χ4n) is 3.42. The number of nitrogens with zero attached hydrogens (tertiary/aromatic N) is 3. The van der Waals surface area contributed by atoms with Crippen LogP contribution in [0.3, 0.4) is 0 Å². The first-order chi connectivity index (χ1) is 11.8. The highest BCUT2D eigenvalue weighted by Gasteiger charge is 2.30. The molecule has 1 saturated heterocycles. The van der Waals surface area contributed by atoms with Crippen LogP contribution in [0.2, 0.25) is 0 Å². The second kappa shape index (κ2) is 6.70. The topological polar surface area (TPSA) is 83.9 Å². The van der Waals surface area contributed by atoms with Gasteiger partial charge in [-0.05, 0) is 24.8 Å². The van der Waals surface area contributed by atoms with E-state index in [1.807, 2.05) is 18.2 Å². The summed E-state index contributed by atoms with van der Waals surface area (Å²) in [4.78, 5) is 12.4. The summed E-state index contributed by atoms with van der Waals surface area (Å²) in [6.45, 7) is 1.38. The fourth-order valence-corrected chi connectivity index (χ4v) is 3.42. The van der Waals surface area contributed by atoms with Gasteiger partial charge in [0.15, 0.2) is 5.82 Å². The average molecular weight is 326 g/mol. The van der Waals surface area contributed by atoms with Crippen LogP contribution in [0.5, 0.6) is 0 Å². The van der Waals surface area contributed by atoms with E-state index in [4.69, 9.17) is 0 Å². The molecule has 0 spiro atoms. The molecule has 126 valence electrons. The minimum atomic E-state index is -0.237. The second-order valence-electron chi connectivity index (χ2n) is 6.40. The zero-order chi connectivity index (χ0) is 16.4. The molecular weight excluding hydrogens is 304 g/mol. The van der Waals surface area contributed by atoms with E-state index in [1.165, 1.54) is 12.0 Å². The van der Waals surface area contributed by atoms with Crippen molar-refractivity contribution in [3.8, 4) is 0 Å². The number of carbonyl (C=O) groups excluding carboxylic acids is 1. The van der Waals surface area contributed by atoms with Crippen molar-refractivity contribution in [1.29, 1.82) is 0 Å². The summed E-state index contributed by atoms with van der Waals surface area (Å²) in [6, 6.07) is 10.1. The third-order valence-electron chi connectivity index (χ3n) is 4.78. The first-order valence-electron chi connectivity index (χ1n) is 8.56. The summed E-state index contributed by atoms with van der Waals surface area (Å²) in [5.41, 5.74) is 7.48. The van der Waals surface area contributed by atoms with E-state index < -0.39 is 0 Å². The smallest absolute Gasteiger partial charge is 0.238 e. The molecule has 2 unspecified atom stereocenters. The Bertz CT molecular complexity index is 713. The normalized spacial score (nSPS) is 23.0. The molecule has 2 atom stereocenters. The van der Waals surface area contributed by atoms with Crippen molar-refractivity contribution in [2.75, 3.05) is 0 Å². The number of carbonyl (C=O) groups is 1. The lowest BCUT2D eigenvalue weighted by molar-refractivity contribution is -0.123. The third kappa shape index (κ3) is 3.05. The van der Waals surface area contributed by atoms with Crippen molar-refractivity contribution >= 4 is 5.91 Å².